The number of nitrogens with zero attached hydrogens (tertiary/aromatic N) is 1. The summed E-state index contributed by atoms with van der Waals surface area (Å²) in [6.45, 7) is -0.736. The fourth-order valence-corrected chi connectivity index (χ4v) is 1.59. The van der Waals surface area contributed by atoms with Gasteiger partial charge in [0, 0.05) is 28.8 Å². The first-order valence-corrected chi connectivity index (χ1v) is 5.43. The average molecular weight is 329 g/mol. The molecule has 100 valence electrons. The lowest BCUT2D eigenvalue weighted by Crippen LogP contribution is -2.35. The Morgan fingerprint density at radius 2 is 2.11 bits per heavy atom. The molecule has 0 fully saturated rings. The van der Waals surface area contributed by atoms with Crippen LogP contribution in [0.3, 0.4) is 0 Å². The number of nitro benzene ring substituents is 1. The molecular weight excluding hydrogens is 321 g/mol. The van der Waals surface area contributed by atoms with E-state index in [1.54, 1.807) is 0 Å². The molecule has 0 aliphatic rings. The van der Waals surface area contributed by atoms with Gasteiger partial charge in [-0.1, -0.05) is 0 Å². The van der Waals surface area contributed by atoms with Gasteiger partial charge in [-0.05, 0) is 22.0 Å². The summed E-state index contributed by atoms with van der Waals surface area (Å²) < 4.78 is 36.3. The zero-order valence-electron chi connectivity index (χ0n) is 8.74. The molecule has 18 heavy (non-hydrogen) atoms. The van der Waals surface area contributed by atoms with Crippen LogP contribution in [0.15, 0.2) is 22.7 Å². The Morgan fingerprint density at radius 3 is 2.56 bits per heavy atom. The molecule has 0 radical (unpaired) electrons. The van der Waals surface area contributed by atoms with Crippen molar-refractivity contribution in [2.24, 2.45) is 0 Å². The maximum Gasteiger partial charge on any atom is 0.416 e. The Hall–Kier alpha value is -1.35. The highest BCUT2D eigenvalue weighted by atomic mass is 79.9. The van der Waals surface area contributed by atoms with Crippen molar-refractivity contribution in [1.82, 2.24) is 0 Å². The van der Waals surface area contributed by atoms with E-state index in [2.05, 4.69) is 21.2 Å². The Morgan fingerprint density at radius 1 is 1.50 bits per heavy atom. The number of nitro groups is 1. The number of benzene rings is 1. The van der Waals surface area contributed by atoms with Crippen LogP contribution in [0.25, 0.3) is 0 Å². The molecule has 2 N–H and O–H groups in total. The summed E-state index contributed by atoms with van der Waals surface area (Å²) >= 11 is 2.99. The van der Waals surface area contributed by atoms with Crippen LogP contribution in [0, 0.1) is 10.1 Å². The third kappa shape index (κ3) is 3.84. The zero-order chi connectivity index (χ0) is 13.9. The summed E-state index contributed by atoms with van der Waals surface area (Å²) in [4.78, 5) is 9.81. The number of non-ortho nitro benzene ring substituents is 1. The number of hydrogen-bond acceptors (Lipinski definition) is 4. The number of rotatable bonds is 4. The predicted molar refractivity (Wildman–Crippen MR) is 61.3 cm³/mol. The predicted octanol–water partition coefficient (Wildman–Crippen LogP) is 2.69. The van der Waals surface area contributed by atoms with Crippen molar-refractivity contribution >= 4 is 27.3 Å². The monoisotopic (exact) mass is 328 g/mol. The van der Waals surface area contributed by atoms with Crippen LogP contribution in [0.4, 0.5) is 24.5 Å². The minimum atomic E-state index is -4.71. The molecule has 0 aliphatic carbocycles. The van der Waals surface area contributed by atoms with Gasteiger partial charge in [0.2, 0.25) is 0 Å². The summed E-state index contributed by atoms with van der Waals surface area (Å²) in [5, 5.41) is 21.6. The molecular formula is C9H8BrF3N2O3. The molecule has 0 bridgehead atoms. The van der Waals surface area contributed by atoms with Gasteiger partial charge in [0.25, 0.3) is 5.69 Å². The molecule has 1 rings (SSSR count). The van der Waals surface area contributed by atoms with E-state index in [0.29, 0.717) is 0 Å². The first kappa shape index (κ1) is 14.7. The van der Waals surface area contributed by atoms with Crippen molar-refractivity contribution < 1.29 is 23.2 Å². The molecule has 0 spiro atoms. The van der Waals surface area contributed by atoms with E-state index in [0.717, 1.165) is 12.1 Å². The van der Waals surface area contributed by atoms with E-state index in [4.69, 9.17) is 5.11 Å². The lowest BCUT2D eigenvalue weighted by atomic mass is 10.2. The topological polar surface area (TPSA) is 75.4 Å². The molecule has 0 heterocycles. The van der Waals surface area contributed by atoms with E-state index in [1.165, 1.54) is 6.07 Å². The largest absolute Gasteiger partial charge is 0.416 e. The molecule has 9 heteroatoms. The first-order chi connectivity index (χ1) is 8.21. The maximum atomic E-state index is 12.0. The van der Waals surface area contributed by atoms with E-state index in [1.807, 2.05) is 0 Å². The van der Waals surface area contributed by atoms with Gasteiger partial charge in [0.05, 0.1) is 4.92 Å². The number of hydrogen-bond donors (Lipinski definition) is 2. The zero-order valence-corrected chi connectivity index (χ0v) is 10.3. The minimum Gasteiger partial charge on any atom is -0.382 e. The molecule has 0 amide bonds. The molecule has 1 atom stereocenters. The molecule has 0 saturated heterocycles. The van der Waals surface area contributed by atoms with Crippen LogP contribution in [-0.2, 0) is 0 Å². The van der Waals surface area contributed by atoms with Gasteiger partial charge < -0.3 is 10.4 Å². The number of nitrogens with one attached hydrogen (secondary N) is 1. The molecule has 1 aromatic rings. The van der Waals surface area contributed by atoms with Gasteiger partial charge >= 0.3 is 6.18 Å². The number of alkyl halides is 3. The number of anilines is 1. The van der Waals surface area contributed by atoms with Gasteiger partial charge in [-0.15, -0.1) is 0 Å². The lowest BCUT2D eigenvalue weighted by Gasteiger charge is -2.16. The number of halogens is 4. The Labute approximate surface area is 108 Å². The summed E-state index contributed by atoms with van der Waals surface area (Å²) in [6.07, 6.45) is -7.21. The maximum absolute atomic E-state index is 12.0. The second kappa shape index (κ2) is 5.53. The highest BCUT2D eigenvalue weighted by molar-refractivity contribution is 9.10. The van der Waals surface area contributed by atoms with Crippen molar-refractivity contribution in [3.63, 3.8) is 0 Å². The van der Waals surface area contributed by atoms with E-state index in [9.17, 15) is 23.3 Å². The molecule has 5 nitrogen and oxygen atoms in total. The van der Waals surface area contributed by atoms with Gasteiger partial charge in [-0.25, -0.2) is 0 Å². The van der Waals surface area contributed by atoms with Crippen LogP contribution in [0.1, 0.15) is 0 Å². The SMILES string of the molecule is O=[N+]([O-])c1ccc(NCC(O)C(F)(F)F)c(Br)c1. The highest BCUT2D eigenvalue weighted by Gasteiger charge is 2.37. The summed E-state index contributed by atoms with van der Waals surface area (Å²) in [6, 6.07) is 3.56. The second-order valence-corrected chi connectivity index (χ2v) is 4.21. The fourth-order valence-electron chi connectivity index (χ4n) is 1.08. The lowest BCUT2D eigenvalue weighted by molar-refractivity contribution is -0.384. The van der Waals surface area contributed by atoms with Gasteiger partial charge in [-0.3, -0.25) is 10.1 Å². The van der Waals surface area contributed by atoms with Gasteiger partial charge in [-0.2, -0.15) is 13.2 Å². The van der Waals surface area contributed by atoms with Crippen molar-refractivity contribution in [3.8, 4) is 0 Å². The molecule has 0 aromatic heterocycles. The van der Waals surface area contributed by atoms with Crippen molar-refractivity contribution in [2.75, 3.05) is 11.9 Å². The Balaban J connectivity index is 2.72. The van der Waals surface area contributed by atoms with Crippen molar-refractivity contribution in [3.05, 3.63) is 32.8 Å². The third-order valence-electron chi connectivity index (χ3n) is 2.03. The Bertz CT molecular complexity index is 453. The normalized spacial score (nSPS) is 13.2. The molecule has 1 unspecified atom stereocenters. The third-order valence-corrected chi connectivity index (χ3v) is 2.68. The average Bonchev–Trinajstić information content (AvgIpc) is 2.25. The summed E-state index contributed by atoms with van der Waals surface area (Å²) in [5.41, 5.74) is 0.0349. The summed E-state index contributed by atoms with van der Waals surface area (Å²) in [5.74, 6) is 0. The van der Waals surface area contributed by atoms with Crippen LogP contribution >= 0.6 is 15.9 Å². The quantitative estimate of drug-likeness (QED) is 0.658. The number of aliphatic hydroxyl groups excluding tert-OH is 1. The van der Waals surface area contributed by atoms with Crippen LogP contribution in [0.2, 0.25) is 0 Å². The second-order valence-electron chi connectivity index (χ2n) is 3.36. The Kier molecular flexibility index (Phi) is 4.52. The van der Waals surface area contributed by atoms with Crippen LogP contribution in [-0.4, -0.2) is 28.9 Å². The van der Waals surface area contributed by atoms with Crippen LogP contribution in [0.5, 0.6) is 0 Å². The fraction of sp³-hybridized carbons (Fsp3) is 0.333. The van der Waals surface area contributed by atoms with E-state index >= 15 is 0 Å². The number of aliphatic hydroxyl groups is 1. The smallest absolute Gasteiger partial charge is 0.382 e. The van der Waals surface area contributed by atoms with E-state index < -0.39 is 23.7 Å². The molecule has 0 saturated carbocycles. The van der Waals surface area contributed by atoms with Gasteiger partial charge in [0.15, 0.2) is 6.10 Å². The van der Waals surface area contributed by atoms with Gasteiger partial charge in [0.1, 0.15) is 0 Å². The summed E-state index contributed by atoms with van der Waals surface area (Å²) in [7, 11) is 0. The molecule has 1 aromatic carbocycles. The van der Waals surface area contributed by atoms with E-state index in [-0.39, 0.29) is 15.8 Å². The minimum absolute atomic E-state index is 0.191. The first-order valence-electron chi connectivity index (χ1n) is 4.64. The molecule has 0 aliphatic heterocycles. The standard InChI is InChI=1S/C9H8BrF3N2O3/c10-6-3-5(15(17)18)1-2-7(6)14-4-8(16)9(11,12)13/h1-3,8,14,16H,4H2. The highest BCUT2D eigenvalue weighted by Crippen LogP contribution is 2.28. The van der Waals surface area contributed by atoms with Crippen LogP contribution < -0.4 is 5.32 Å². The van der Waals surface area contributed by atoms with Crippen molar-refractivity contribution in [2.45, 2.75) is 12.3 Å². The van der Waals surface area contributed by atoms with Crippen molar-refractivity contribution in [1.29, 1.82) is 0 Å².